The maximum atomic E-state index is 7.38. The Morgan fingerprint density at radius 3 is 2.44 bits per heavy atom. The van der Waals surface area contributed by atoms with Crippen LogP contribution >= 0.6 is 0 Å². The average molecular weight is 127 g/mol. The summed E-state index contributed by atoms with van der Waals surface area (Å²) in [6.45, 7) is 0. The molecule has 0 spiro atoms. The number of nitrogen functional groups attached to an aromatic ring is 1. The molecule has 2 nitrogen and oxygen atoms in total. The molecule has 0 fully saturated rings. The normalized spacial score (nSPS) is 15.2. The molecule has 9 heavy (non-hydrogen) atoms. The first-order valence-corrected chi connectivity index (χ1v) is 2.40. The van der Waals surface area contributed by atoms with E-state index in [1.165, 1.54) is 7.11 Å². The number of hydrogen-bond acceptors (Lipinski definition) is 2. The van der Waals surface area contributed by atoms with Crippen molar-refractivity contribution in [3.8, 4) is 5.75 Å². The lowest BCUT2D eigenvalue weighted by Crippen LogP contribution is -1.84. The first-order chi connectivity index (χ1) is 6.00. The molecule has 2 N–H and O–H groups in total. The number of methoxy groups -OCH3 is 1. The zero-order valence-electron chi connectivity index (χ0n) is 8.99. The molecule has 0 unspecified atom stereocenters. The van der Waals surface area contributed by atoms with Crippen LogP contribution in [-0.2, 0) is 0 Å². The maximum Gasteiger partial charge on any atom is 0.119 e. The van der Waals surface area contributed by atoms with Crippen molar-refractivity contribution in [2.75, 3.05) is 12.8 Å². The summed E-state index contributed by atoms with van der Waals surface area (Å²) in [6.07, 6.45) is 0. The Morgan fingerprint density at radius 2 is 2.00 bits per heavy atom. The van der Waals surface area contributed by atoms with Gasteiger partial charge in [-0.05, 0) is 24.2 Å². The summed E-state index contributed by atoms with van der Waals surface area (Å²) in [6, 6.07) is -1.03. The van der Waals surface area contributed by atoms with Crippen LogP contribution in [-0.4, -0.2) is 7.11 Å². The Kier molecular flexibility index (Phi) is 0.693. The molecule has 0 bridgehead atoms. The van der Waals surface area contributed by atoms with Crippen LogP contribution in [0.1, 0.15) is 5.48 Å². The molecule has 1 rings (SSSR count). The summed E-state index contributed by atoms with van der Waals surface area (Å²) in [5.41, 5.74) is 5.18. The molecular weight excluding hydrogens is 114 g/mol. The zero-order chi connectivity index (χ0) is 10.2. The Bertz CT molecular complexity index is 324. The Hall–Kier alpha value is -1.18. The van der Waals surface area contributed by atoms with Crippen molar-refractivity contribution < 1.29 is 10.2 Å². The van der Waals surface area contributed by atoms with E-state index in [-0.39, 0.29) is 35.6 Å². The summed E-state index contributed by atoms with van der Waals surface area (Å²) < 4.78 is 34.1. The molecule has 0 saturated heterocycles. The molecule has 1 aromatic rings. The molecule has 0 aliphatic carbocycles. The third kappa shape index (κ3) is 1.35. The fraction of sp³-hybridized carbons (Fsp3) is 0.143. The lowest BCUT2D eigenvalue weighted by atomic mass is 10.3. The van der Waals surface area contributed by atoms with Gasteiger partial charge in [0.2, 0.25) is 0 Å². The van der Waals surface area contributed by atoms with E-state index >= 15 is 0 Å². The van der Waals surface area contributed by atoms with Gasteiger partial charge in [-0.1, -0.05) is 0 Å². The topological polar surface area (TPSA) is 35.2 Å². The van der Waals surface area contributed by atoms with E-state index in [1.54, 1.807) is 0 Å². The maximum absolute atomic E-state index is 7.38. The summed E-state index contributed by atoms with van der Waals surface area (Å²) >= 11 is 0. The van der Waals surface area contributed by atoms with E-state index in [9.17, 15) is 0 Å². The minimum atomic E-state index is -0.266. The Balaban J connectivity index is 3.56. The molecule has 0 saturated carbocycles. The summed E-state index contributed by atoms with van der Waals surface area (Å²) in [7, 11) is 1.29. The number of hydrogen-bond donors (Lipinski definition) is 1. The smallest absolute Gasteiger partial charge is 0.119 e. The molecule has 48 valence electrons. The molecule has 0 heterocycles. The lowest BCUT2D eigenvalue weighted by Gasteiger charge is -1.97. The molecule has 0 amide bonds. The molecule has 2 heteroatoms. The molecule has 0 atom stereocenters. The first-order valence-electron chi connectivity index (χ1n) is 4.40. The molecule has 0 aromatic heterocycles. The largest absolute Gasteiger partial charge is 0.497 e. The van der Waals surface area contributed by atoms with Crippen molar-refractivity contribution in [1.29, 1.82) is 0 Å². The predicted molar refractivity (Wildman–Crippen MR) is 37.4 cm³/mol. The van der Waals surface area contributed by atoms with E-state index in [0.29, 0.717) is 0 Å². The van der Waals surface area contributed by atoms with Gasteiger partial charge in [-0.15, -0.1) is 0 Å². The van der Waals surface area contributed by atoms with Gasteiger partial charge in [0.1, 0.15) is 5.75 Å². The molecule has 0 radical (unpaired) electrons. The number of rotatable bonds is 1. The SMILES string of the molecule is [2H]c1c([2H])c(OC)c([2H])c([2H])c1N. The van der Waals surface area contributed by atoms with E-state index < -0.39 is 0 Å². The van der Waals surface area contributed by atoms with Gasteiger partial charge in [-0.3, -0.25) is 0 Å². The van der Waals surface area contributed by atoms with Crippen LogP contribution in [0.15, 0.2) is 24.2 Å². The highest BCUT2D eigenvalue weighted by Crippen LogP contribution is 2.11. The van der Waals surface area contributed by atoms with E-state index in [4.69, 9.17) is 16.0 Å². The van der Waals surface area contributed by atoms with Gasteiger partial charge in [0.05, 0.1) is 12.6 Å². The van der Waals surface area contributed by atoms with Gasteiger partial charge in [0.25, 0.3) is 0 Å². The predicted octanol–water partition coefficient (Wildman–Crippen LogP) is 1.28. The quantitative estimate of drug-likeness (QED) is 0.577. The average Bonchev–Trinajstić information content (AvgIpc) is 2.13. The second-order valence-corrected chi connectivity index (χ2v) is 1.45. The van der Waals surface area contributed by atoms with E-state index in [0.717, 1.165) is 0 Å². The molecule has 0 aliphatic rings. The van der Waals surface area contributed by atoms with Gasteiger partial charge in [-0.25, -0.2) is 0 Å². The molecule has 1 aromatic carbocycles. The second kappa shape index (κ2) is 2.40. The van der Waals surface area contributed by atoms with Crippen molar-refractivity contribution in [1.82, 2.24) is 0 Å². The van der Waals surface area contributed by atoms with Gasteiger partial charge in [-0.2, -0.15) is 0 Å². The Morgan fingerprint density at radius 1 is 1.44 bits per heavy atom. The number of nitrogens with two attached hydrogens (primary N) is 1. The molecular formula is C7H9NO. The summed E-state index contributed by atoms with van der Waals surface area (Å²) in [5.74, 6) is -0.0794. The minimum absolute atomic E-state index is 0.0794. The van der Waals surface area contributed by atoms with Crippen LogP contribution in [0.2, 0.25) is 0 Å². The standard InChI is InChI=1S/C7H9NO/c1-9-7-4-2-6(8)3-5-7/h2-5H,8H2,1H3/i2D,3D,4D,5D. The summed E-state index contributed by atoms with van der Waals surface area (Å²) in [5, 5.41) is 0. The van der Waals surface area contributed by atoms with Crippen LogP contribution in [0.4, 0.5) is 5.69 Å². The van der Waals surface area contributed by atoms with Crippen molar-refractivity contribution in [3.63, 3.8) is 0 Å². The van der Waals surface area contributed by atoms with Crippen LogP contribution in [0.5, 0.6) is 5.75 Å². The molecule has 0 aliphatic heterocycles. The first kappa shape index (κ1) is 2.60. The van der Waals surface area contributed by atoms with Crippen LogP contribution in [0.25, 0.3) is 0 Å². The lowest BCUT2D eigenvalue weighted by molar-refractivity contribution is 0.415. The van der Waals surface area contributed by atoms with Crippen molar-refractivity contribution in [2.45, 2.75) is 0 Å². The number of ether oxygens (including phenoxy) is 1. The monoisotopic (exact) mass is 127 g/mol. The van der Waals surface area contributed by atoms with Crippen LogP contribution in [0, 0.1) is 0 Å². The fourth-order valence-corrected chi connectivity index (χ4v) is 0.413. The van der Waals surface area contributed by atoms with Gasteiger partial charge in [0.15, 0.2) is 0 Å². The fourth-order valence-electron chi connectivity index (χ4n) is 0.413. The summed E-state index contributed by atoms with van der Waals surface area (Å²) in [4.78, 5) is 0. The number of benzene rings is 1. The van der Waals surface area contributed by atoms with Crippen LogP contribution < -0.4 is 10.5 Å². The minimum Gasteiger partial charge on any atom is -0.497 e. The zero-order valence-corrected chi connectivity index (χ0v) is 4.99. The van der Waals surface area contributed by atoms with Gasteiger partial charge < -0.3 is 10.5 Å². The van der Waals surface area contributed by atoms with Gasteiger partial charge >= 0.3 is 0 Å². The van der Waals surface area contributed by atoms with Crippen LogP contribution in [0.3, 0.4) is 0 Å². The third-order valence-corrected chi connectivity index (χ3v) is 0.826. The van der Waals surface area contributed by atoms with Gasteiger partial charge in [0, 0.05) is 5.69 Å². The van der Waals surface area contributed by atoms with Crippen molar-refractivity contribution >= 4 is 5.69 Å². The highest BCUT2D eigenvalue weighted by atomic mass is 16.5. The number of anilines is 1. The van der Waals surface area contributed by atoms with Crippen molar-refractivity contribution in [3.05, 3.63) is 24.2 Å². The Labute approximate surface area is 59.9 Å². The highest BCUT2D eigenvalue weighted by Gasteiger charge is 1.85. The van der Waals surface area contributed by atoms with E-state index in [2.05, 4.69) is 0 Å². The van der Waals surface area contributed by atoms with E-state index in [1.807, 2.05) is 0 Å². The third-order valence-electron chi connectivity index (χ3n) is 0.826. The second-order valence-electron chi connectivity index (χ2n) is 1.45. The highest BCUT2D eigenvalue weighted by molar-refractivity contribution is 5.41. The van der Waals surface area contributed by atoms with Crippen molar-refractivity contribution in [2.24, 2.45) is 0 Å².